The van der Waals surface area contributed by atoms with Gasteiger partial charge in [-0.05, 0) is 57.8 Å². The molecule has 0 spiro atoms. The predicted octanol–water partition coefficient (Wildman–Crippen LogP) is 6.00. The first kappa shape index (κ1) is 21.8. The number of nitrogens with zero attached hydrogens (tertiary/aromatic N) is 1. The molecule has 0 unspecified atom stereocenters. The fourth-order valence-corrected chi connectivity index (χ4v) is 6.14. The Hall–Kier alpha value is -4.44. The third kappa shape index (κ3) is 3.22. The Morgan fingerprint density at radius 1 is 0.622 bits per heavy atom. The minimum atomic E-state index is -0.0940. The number of ether oxygens (including phenoxy) is 1. The molecule has 5 aromatic rings. The Bertz CT molecular complexity index is 1610. The maximum atomic E-state index is 6.55. The largest absolute Gasteiger partial charge is 0.458 e. The molecule has 5 aromatic carbocycles. The fraction of sp³-hybridized carbons (Fsp3) is 0.0909. The SMILES string of the molecule is CC1(C)c2ccccc2N(c2ccc3c(c2)Oc2ccccc2B3c2ccccc2N)c2ccccc21. The summed E-state index contributed by atoms with van der Waals surface area (Å²) < 4.78 is 6.55. The van der Waals surface area contributed by atoms with Gasteiger partial charge in [0.1, 0.15) is 11.5 Å². The van der Waals surface area contributed by atoms with Crippen LogP contribution >= 0.6 is 0 Å². The van der Waals surface area contributed by atoms with E-state index < -0.39 is 0 Å². The molecule has 2 aliphatic heterocycles. The first-order chi connectivity index (χ1) is 18.0. The van der Waals surface area contributed by atoms with Crippen molar-refractivity contribution in [2.24, 2.45) is 0 Å². The number of rotatable bonds is 2. The van der Waals surface area contributed by atoms with Crippen LogP contribution in [0.2, 0.25) is 0 Å². The van der Waals surface area contributed by atoms with Crippen molar-refractivity contribution in [2.75, 3.05) is 10.6 Å². The van der Waals surface area contributed by atoms with E-state index in [0.29, 0.717) is 0 Å². The molecule has 3 nitrogen and oxygen atoms in total. The van der Waals surface area contributed by atoms with Gasteiger partial charge in [-0.3, -0.25) is 0 Å². The highest BCUT2D eigenvalue weighted by Crippen LogP contribution is 2.51. The van der Waals surface area contributed by atoms with Crippen molar-refractivity contribution in [1.29, 1.82) is 0 Å². The van der Waals surface area contributed by atoms with E-state index in [4.69, 9.17) is 10.5 Å². The summed E-state index contributed by atoms with van der Waals surface area (Å²) in [6.45, 7) is 4.63. The lowest BCUT2D eigenvalue weighted by atomic mass is 9.35. The molecule has 37 heavy (non-hydrogen) atoms. The number of para-hydroxylation sites is 4. The molecule has 2 aliphatic rings. The van der Waals surface area contributed by atoms with Crippen LogP contribution in [0, 0.1) is 0 Å². The minimum Gasteiger partial charge on any atom is -0.458 e. The standard InChI is InChI=1S/C33H27BN2O/c1-33(2)23-11-3-8-16-29(23)36(30-17-9-4-12-24(30)33)22-19-20-27-32(21-22)37-31-18-10-6-14-26(31)34(27)25-13-5-7-15-28(25)35/h3-21H,35H2,1-2H3. The van der Waals surface area contributed by atoms with Gasteiger partial charge in [-0.1, -0.05) is 92.7 Å². The molecule has 0 aliphatic carbocycles. The van der Waals surface area contributed by atoms with Crippen molar-refractivity contribution in [1.82, 2.24) is 0 Å². The average Bonchev–Trinajstić information content (AvgIpc) is 2.92. The van der Waals surface area contributed by atoms with Gasteiger partial charge in [0, 0.05) is 22.9 Å². The normalized spacial score (nSPS) is 14.6. The lowest BCUT2D eigenvalue weighted by Gasteiger charge is -2.42. The van der Waals surface area contributed by atoms with Crippen molar-refractivity contribution in [3.05, 3.63) is 126 Å². The molecular formula is C33H27BN2O. The van der Waals surface area contributed by atoms with Crippen LogP contribution in [0.25, 0.3) is 0 Å². The quantitative estimate of drug-likeness (QED) is 0.245. The van der Waals surface area contributed by atoms with Gasteiger partial charge < -0.3 is 15.4 Å². The summed E-state index contributed by atoms with van der Waals surface area (Å²) in [5, 5.41) is 0. The summed E-state index contributed by atoms with van der Waals surface area (Å²) in [7, 11) is 0. The van der Waals surface area contributed by atoms with Gasteiger partial charge in [-0.15, -0.1) is 0 Å². The number of anilines is 4. The first-order valence-corrected chi connectivity index (χ1v) is 12.8. The summed E-state index contributed by atoms with van der Waals surface area (Å²) >= 11 is 0. The first-order valence-electron chi connectivity index (χ1n) is 12.8. The van der Waals surface area contributed by atoms with Gasteiger partial charge in [0.05, 0.1) is 11.4 Å². The van der Waals surface area contributed by atoms with E-state index >= 15 is 0 Å². The second-order valence-electron chi connectivity index (χ2n) is 10.4. The highest BCUT2D eigenvalue weighted by molar-refractivity contribution is 6.97. The molecule has 0 aromatic heterocycles. The van der Waals surface area contributed by atoms with Crippen molar-refractivity contribution in [2.45, 2.75) is 19.3 Å². The molecule has 0 saturated carbocycles. The predicted molar refractivity (Wildman–Crippen MR) is 155 cm³/mol. The Labute approximate surface area is 218 Å². The van der Waals surface area contributed by atoms with Crippen LogP contribution in [0.3, 0.4) is 0 Å². The van der Waals surface area contributed by atoms with E-state index in [1.807, 2.05) is 24.3 Å². The topological polar surface area (TPSA) is 38.5 Å². The molecule has 0 fully saturated rings. The van der Waals surface area contributed by atoms with Crippen LogP contribution in [-0.2, 0) is 5.41 Å². The second kappa shape index (κ2) is 8.04. The summed E-state index contributed by atoms with van der Waals surface area (Å²) in [5.74, 6) is 1.74. The molecule has 2 heterocycles. The molecule has 4 heteroatoms. The molecule has 0 atom stereocenters. The number of nitrogens with two attached hydrogens (primary N) is 1. The molecular weight excluding hydrogens is 451 g/mol. The maximum absolute atomic E-state index is 6.55. The van der Waals surface area contributed by atoms with Crippen molar-refractivity contribution in [3.63, 3.8) is 0 Å². The van der Waals surface area contributed by atoms with Gasteiger partial charge in [-0.2, -0.15) is 0 Å². The van der Waals surface area contributed by atoms with Crippen LogP contribution < -0.4 is 31.8 Å². The van der Waals surface area contributed by atoms with E-state index in [1.165, 1.54) is 22.5 Å². The molecule has 178 valence electrons. The van der Waals surface area contributed by atoms with Gasteiger partial charge in [0.25, 0.3) is 6.71 Å². The van der Waals surface area contributed by atoms with Gasteiger partial charge in [0.2, 0.25) is 0 Å². The number of hydrogen-bond acceptors (Lipinski definition) is 3. The van der Waals surface area contributed by atoms with E-state index in [0.717, 1.165) is 39.3 Å². The second-order valence-corrected chi connectivity index (χ2v) is 10.4. The highest BCUT2D eigenvalue weighted by Gasteiger charge is 2.38. The Kier molecular flexibility index (Phi) is 4.74. The number of fused-ring (bicyclic) bond motifs is 4. The van der Waals surface area contributed by atoms with Gasteiger partial charge in [0.15, 0.2) is 0 Å². The average molecular weight is 478 g/mol. The smallest absolute Gasteiger partial charge is 0.253 e. The minimum absolute atomic E-state index is 0.00932. The van der Waals surface area contributed by atoms with E-state index in [9.17, 15) is 0 Å². The lowest BCUT2D eigenvalue weighted by molar-refractivity contribution is 0.487. The van der Waals surface area contributed by atoms with E-state index in [-0.39, 0.29) is 12.1 Å². The fourth-order valence-electron chi connectivity index (χ4n) is 6.14. The van der Waals surface area contributed by atoms with Crippen molar-refractivity contribution >= 4 is 45.9 Å². The zero-order valence-corrected chi connectivity index (χ0v) is 21.0. The summed E-state index contributed by atoms with van der Waals surface area (Å²) in [6, 6.07) is 40.5. The summed E-state index contributed by atoms with van der Waals surface area (Å²) in [6.07, 6.45) is 0. The van der Waals surface area contributed by atoms with Gasteiger partial charge >= 0.3 is 0 Å². The number of benzene rings is 5. The van der Waals surface area contributed by atoms with E-state index in [1.54, 1.807) is 0 Å². The molecule has 0 saturated heterocycles. The third-order valence-corrected chi connectivity index (χ3v) is 7.96. The highest BCUT2D eigenvalue weighted by atomic mass is 16.5. The molecule has 0 amide bonds. The summed E-state index contributed by atoms with van der Waals surface area (Å²) in [4.78, 5) is 2.37. The number of nitrogen functional groups attached to an aromatic ring is 1. The molecule has 7 rings (SSSR count). The maximum Gasteiger partial charge on any atom is 0.253 e. The van der Waals surface area contributed by atoms with Crippen molar-refractivity contribution < 1.29 is 4.74 Å². The molecule has 2 N–H and O–H groups in total. The Balaban J connectivity index is 1.43. The Morgan fingerprint density at radius 3 is 1.89 bits per heavy atom. The van der Waals surface area contributed by atoms with E-state index in [2.05, 4.69) is 110 Å². The molecule has 0 radical (unpaired) electrons. The van der Waals surface area contributed by atoms with Crippen LogP contribution in [-0.4, -0.2) is 6.71 Å². The van der Waals surface area contributed by atoms with Gasteiger partial charge in [-0.25, -0.2) is 0 Å². The van der Waals surface area contributed by atoms with Crippen LogP contribution in [0.1, 0.15) is 25.0 Å². The zero-order valence-electron chi connectivity index (χ0n) is 21.0. The lowest BCUT2D eigenvalue weighted by Crippen LogP contribution is -2.55. The van der Waals surface area contributed by atoms with Crippen LogP contribution in [0.15, 0.2) is 115 Å². The zero-order chi connectivity index (χ0) is 25.1. The third-order valence-electron chi connectivity index (χ3n) is 7.96. The Morgan fingerprint density at radius 2 is 1.19 bits per heavy atom. The molecule has 0 bridgehead atoms. The van der Waals surface area contributed by atoms with Crippen LogP contribution in [0.4, 0.5) is 22.7 Å². The van der Waals surface area contributed by atoms with Crippen molar-refractivity contribution in [3.8, 4) is 11.5 Å². The number of hydrogen-bond donors (Lipinski definition) is 1. The van der Waals surface area contributed by atoms with Crippen LogP contribution in [0.5, 0.6) is 11.5 Å². The summed E-state index contributed by atoms with van der Waals surface area (Å²) in [5.41, 5.74) is 16.7. The monoisotopic (exact) mass is 478 g/mol.